The van der Waals surface area contributed by atoms with Crippen LogP contribution in [-0.4, -0.2) is 4.98 Å². The van der Waals surface area contributed by atoms with E-state index in [9.17, 15) is 0 Å². The lowest BCUT2D eigenvalue weighted by atomic mass is 9.95. The van der Waals surface area contributed by atoms with Gasteiger partial charge in [0.1, 0.15) is 0 Å². The van der Waals surface area contributed by atoms with Crippen molar-refractivity contribution in [1.82, 2.24) is 4.98 Å². The predicted molar refractivity (Wildman–Crippen MR) is 74.1 cm³/mol. The highest BCUT2D eigenvalue weighted by molar-refractivity contribution is 5.32. The van der Waals surface area contributed by atoms with Gasteiger partial charge in [-0.1, -0.05) is 26.7 Å². The molecule has 1 aromatic rings. The van der Waals surface area contributed by atoms with Gasteiger partial charge < -0.3 is 5.73 Å². The first kappa shape index (κ1) is 14.2. The van der Waals surface area contributed by atoms with Gasteiger partial charge in [0, 0.05) is 12.2 Å². The van der Waals surface area contributed by atoms with E-state index in [1.807, 2.05) is 13.1 Å². The molecule has 0 spiro atoms. The highest BCUT2D eigenvalue weighted by Crippen LogP contribution is 2.21. The quantitative estimate of drug-likeness (QED) is 0.779. The Kier molecular flexibility index (Phi) is 6.20. The summed E-state index contributed by atoms with van der Waals surface area (Å²) in [7, 11) is 0. The number of hydrogen-bond donors (Lipinski definition) is 1. The minimum atomic E-state index is 0.0448. The molecule has 0 aromatic carbocycles. The summed E-state index contributed by atoms with van der Waals surface area (Å²) in [6.45, 7) is 6.49. The number of rotatable bonds is 7. The zero-order valence-corrected chi connectivity index (χ0v) is 11.5. The normalized spacial score (nSPS) is 12.7. The Morgan fingerprint density at radius 3 is 2.41 bits per heavy atom. The highest BCUT2D eigenvalue weighted by Gasteiger charge is 2.12. The minimum Gasteiger partial charge on any atom is -0.323 e. The Balaban J connectivity index is 2.96. The molecule has 0 fully saturated rings. The fraction of sp³-hybridized carbons (Fsp3) is 0.667. The van der Waals surface area contributed by atoms with Gasteiger partial charge in [-0.05, 0) is 49.8 Å². The second-order valence-electron chi connectivity index (χ2n) is 4.83. The maximum Gasteiger partial charge on any atom is 0.0602 e. The number of hydrogen-bond acceptors (Lipinski definition) is 2. The second-order valence-corrected chi connectivity index (χ2v) is 4.83. The SMILES string of the molecule is CCCCc1ccnc(C(C)N)c1CCCC. The molecule has 0 saturated carbocycles. The Morgan fingerprint density at radius 2 is 1.82 bits per heavy atom. The molecule has 96 valence electrons. The number of unbranched alkanes of at least 4 members (excludes halogenated alkanes) is 2. The zero-order valence-electron chi connectivity index (χ0n) is 11.5. The van der Waals surface area contributed by atoms with Gasteiger partial charge in [0.15, 0.2) is 0 Å². The van der Waals surface area contributed by atoms with Crippen molar-refractivity contribution in [1.29, 1.82) is 0 Å². The molecule has 0 aliphatic rings. The van der Waals surface area contributed by atoms with E-state index >= 15 is 0 Å². The van der Waals surface area contributed by atoms with Crippen molar-refractivity contribution in [2.45, 2.75) is 65.3 Å². The second kappa shape index (κ2) is 7.44. The summed E-state index contributed by atoms with van der Waals surface area (Å²) in [5.41, 5.74) is 10.0. The maximum absolute atomic E-state index is 6.02. The third-order valence-corrected chi connectivity index (χ3v) is 3.20. The van der Waals surface area contributed by atoms with Crippen molar-refractivity contribution in [2.24, 2.45) is 5.73 Å². The molecule has 0 amide bonds. The monoisotopic (exact) mass is 234 g/mol. The summed E-state index contributed by atoms with van der Waals surface area (Å²) in [6.07, 6.45) is 9.15. The number of nitrogens with two attached hydrogens (primary N) is 1. The van der Waals surface area contributed by atoms with Crippen LogP contribution in [0.2, 0.25) is 0 Å². The predicted octanol–water partition coefficient (Wildman–Crippen LogP) is 3.79. The Morgan fingerprint density at radius 1 is 1.18 bits per heavy atom. The third-order valence-electron chi connectivity index (χ3n) is 3.20. The van der Waals surface area contributed by atoms with Crippen LogP contribution < -0.4 is 5.73 Å². The lowest BCUT2D eigenvalue weighted by molar-refractivity contribution is 0.708. The van der Waals surface area contributed by atoms with Crippen LogP contribution in [0.3, 0.4) is 0 Å². The lowest BCUT2D eigenvalue weighted by Gasteiger charge is -2.16. The number of aryl methyl sites for hydroxylation is 1. The number of nitrogens with zero attached hydrogens (tertiary/aromatic N) is 1. The van der Waals surface area contributed by atoms with E-state index in [4.69, 9.17) is 5.73 Å². The topological polar surface area (TPSA) is 38.9 Å². The average Bonchev–Trinajstić information content (AvgIpc) is 2.33. The van der Waals surface area contributed by atoms with Crippen LogP contribution in [0.5, 0.6) is 0 Å². The molecule has 0 aliphatic carbocycles. The van der Waals surface area contributed by atoms with Gasteiger partial charge in [0.25, 0.3) is 0 Å². The number of pyridine rings is 1. The lowest BCUT2D eigenvalue weighted by Crippen LogP contribution is -2.13. The molecule has 0 radical (unpaired) electrons. The molecule has 0 bridgehead atoms. The third kappa shape index (κ3) is 4.12. The standard InChI is InChI=1S/C15H26N2/c1-4-6-8-13-10-11-17-15(12(3)16)14(13)9-7-5-2/h10-12H,4-9,16H2,1-3H3. The highest BCUT2D eigenvalue weighted by atomic mass is 14.8. The Labute approximate surface area is 106 Å². The van der Waals surface area contributed by atoms with Crippen molar-refractivity contribution >= 4 is 0 Å². The van der Waals surface area contributed by atoms with Gasteiger partial charge >= 0.3 is 0 Å². The molecule has 2 N–H and O–H groups in total. The first-order valence-corrected chi connectivity index (χ1v) is 6.92. The van der Waals surface area contributed by atoms with Crippen molar-refractivity contribution in [2.75, 3.05) is 0 Å². The van der Waals surface area contributed by atoms with Crippen LogP contribution in [0.15, 0.2) is 12.3 Å². The van der Waals surface area contributed by atoms with E-state index in [0.29, 0.717) is 0 Å². The van der Waals surface area contributed by atoms with Crippen LogP contribution in [0.4, 0.5) is 0 Å². The van der Waals surface area contributed by atoms with Gasteiger partial charge in [-0.25, -0.2) is 0 Å². The molecule has 2 nitrogen and oxygen atoms in total. The zero-order chi connectivity index (χ0) is 12.7. The first-order chi connectivity index (χ1) is 8.20. The van der Waals surface area contributed by atoms with Crippen molar-refractivity contribution in [3.63, 3.8) is 0 Å². The van der Waals surface area contributed by atoms with Gasteiger partial charge in [0.05, 0.1) is 5.69 Å². The molecule has 1 aromatic heterocycles. The van der Waals surface area contributed by atoms with Crippen molar-refractivity contribution in [3.8, 4) is 0 Å². The molecule has 1 atom stereocenters. The van der Waals surface area contributed by atoms with Gasteiger partial charge in [0.2, 0.25) is 0 Å². The van der Waals surface area contributed by atoms with Crippen LogP contribution in [0.1, 0.15) is 69.3 Å². The summed E-state index contributed by atoms with van der Waals surface area (Å²) in [5.74, 6) is 0. The summed E-state index contributed by atoms with van der Waals surface area (Å²) in [4.78, 5) is 4.47. The van der Waals surface area contributed by atoms with E-state index in [1.54, 1.807) is 0 Å². The van der Waals surface area contributed by atoms with Crippen LogP contribution >= 0.6 is 0 Å². The van der Waals surface area contributed by atoms with E-state index in [0.717, 1.165) is 18.5 Å². The molecule has 1 unspecified atom stereocenters. The minimum absolute atomic E-state index is 0.0448. The van der Waals surface area contributed by atoms with E-state index in [2.05, 4.69) is 24.9 Å². The van der Waals surface area contributed by atoms with Crippen LogP contribution in [0.25, 0.3) is 0 Å². The van der Waals surface area contributed by atoms with Gasteiger partial charge in [-0.15, -0.1) is 0 Å². The molecule has 0 saturated heterocycles. The largest absolute Gasteiger partial charge is 0.323 e. The summed E-state index contributed by atoms with van der Waals surface area (Å²) < 4.78 is 0. The molecule has 0 aliphatic heterocycles. The molecular formula is C15H26N2. The number of aromatic nitrogens is 1. The fourth-order valence-corrected chi connectivity index (χ4v) is 2.19. The van der Waals surface area contributed by atoms with E-state index in [1.165, 1.54) is 36.8 Å². The smallest absolute Gasteiger partial charge is 0.0602 e. The summed E-state index contributed by atoms with van der Waals surface area (Å²) >= 11 is 0. The average molecular weight is 234 g/mol. The van der Waals surface area contributed by atoms with Gasteiger partial charge in [-0.2, -0.15) is 0 Å². The first-order valence-electron chi connectivity index (χ1n) is 6.92. The van der Waals surface area contributed by atoms with Crippen LogP contribution in [-0.2, 0) is 12.8 Å². The summed E-state index contributed by atoms with van der Waals surface area (Å²) in [5, 5.41) is 0. The van der Waals surface area contributed by atoms with E-state index < -0.39 is 0 Å². The van der Waals surface area contributed by atoms with Gasteiger partial charge in [-0.3, -0.25) is 4.98 Å². The fourth-order valence-electron chi connectivity index (χ4n) is 2.19. The molecule has 1 heterocycles. The molecular weight excluding hydrogens is 208 g/mol. The van der Waals surface area contributed by atoms with Crippen molar-refractivity contribution in [3.05, 3.63) is 29.1 Å². The molecule has 2 heteroatoms. The molecule has 17 heavy (non-hydrogen) atoms. The van der Waals surface area contributed by atoms with E-state index in [-0.39, 0.29) is 6.04 Å². The maximum atomic E-state index is 6.02. The van der Waals surface area contributed by atoms with Crippen molar-refractivity contribution < 1.29 is 0 Å². The Bertz CT molecular complexity index is 332. The van der Waals surface area contributed by atoms with Crippen LogP contribution in [0, 0.1) is 0 Å². The summed E-state index contributed by atoms with van der Waals surface area (Å²) in [6, 6.07) is 2.22. The molecule has 1 rings (SSSR count). The Hall–Kier alpha value is -0.890.